The van der Waals surface area contributed by atoms with Crippen molar-refractivity contribution in [3.63, 3.8) is 0 Å². The van der Waals surface area contributed by atoms with Gasteiger partial charge in [-0.3, -0.25) is 4.79 Å². The highest BCUT2D eigenvalue weighted by atomic mass is 79.9. The van der Waals surface area contributed by atoms with E-state index in [1.54, 1.807) is 46.1 Å². The summed E-state index contributed by atoms with van der Waals surface area (Å²) in [6, 6.07) is 14.1. The van der Waals surface area contributed by atoms with Gasteiger partial charge in [-0.25, -0.2) is 13.1 Å². The third kappa shape index (κ3) is 4.05. The van der Waals surface area contributed by atoms with Gasteiger partial charge in [0.15, 0.2) is 0 Å². The molecule has 1 amide bonds. The van der Waals surface area contributed by atoms with Crippen molar-refractivity contribution in [3.05, 3.63) is 76.5 Å². The molecule has 2 heterocycles. The van der Waals surface area contributed by atoms with Gasteiger partial charge in [0.1, 0.15) is 0 Å². The van der Waals surface area contributed by atoms with Gasteiger partial charge >= 0.3 is 0 Å². The lowest BCUT2D eigenvalue weighted by atomic mass is 10.1. The Bertz CT molecular complexity index is 1150. The molecular formula is C21H21BrN4O3S. The summed E-state index contributed by atoms with van der Waals surface area (Å²) in [5, 5.41) is 4.17. The number of aryl methyl sites for hydroxylation is 1. The molecule has 1 aromatic heterocycles. The minimum absolute atomic E-state index is 0.0986. The zero-order valence-electron chi connectivity index (χ0n) is 16.4. The number of rotatable bonds is 4. The van der Waals surface area contributed by atoms with Crippen LogP contribution in [0.25, 0.3) is 5.69 Å². The summed E-state index contributed by atoms with van der Waals surface area (Å²) in [6.45, 7) is 3.11. The van der Waals surface area contributed by atoms with E-state index in [-0.39, 0.29) is 23.9 Å². The van der Waals surface area contributed by atoms with Crippen molar-refractivity contribution in [1.29, 1.82) is 0 Å². The Hall–Kier alpha value is -2.49. The number of hydrogen-bond acceptors (Lipinski definition) is 4. The first-order chi connectivity index (χ1) is 14.4. The van der Waals surface area contributed by atoms with E-state index in [0.717, 1.165) is 15.7 Å². The third-order valence-electron chi connectivity index (χ3n) is 5.18. The Labute approximate surface area is 184 Å². The van der Waals surface area contributed by atoms with E-state index < -0.39 is 10.0 Å². The molecule has 0 radical (unpaired) electrons. The largest absolute Gasteiger partial charge is 0.336 e. The van der Waals surface area contributed by atoms with Gasteiger partial charge < -0.3 is 4.90 Å². The van der Waals surface area contributed by atoms with Crippen LogP contribution in [0.4, 0.5) is 0 Å². The van der Waals surface area contributed by atoms with E-state index in [0.29, 0.717) is 18.7 Å². The molecule has 1 fully saturated rings. The van der Waals surface area contributed by atoms with Crippen molar-refractivity contribution in [3.8, 4) is 5.69 Å². The average molecular weight is 489 g/mol. The SMILES string of the molecule is Cc1cc(S(=O)(=O)N2CCN(C(=O)c3ccc(-n4cccn4)cc3)CC2)ccc1Br. The Balaban J connectivity index is 1.42. The molecule has 3 aromatic rings. The molecule has 1 aliphatic rings. The fraction of sp³-hybridized carbons (Fsp3) is 0.238. The van der Waals surface area contributed by atoms with Gasteiger partial charge in [0.25, 0.3) is 5.91 Å². The summed E-state index contributed by atoms with van der Waals surface area (Å²) in [4.78, 5) is 14.8. The summed E-state index contributed by atoms with van der Waals surface area (Å²) in [7, 11) is -3.58. The van der Waals surface area contributed by atoms with E-state index in [2.05, 4.69) is 21.0 Å². The Morgan fingerprint density at radius 2 is 1.73 bits per heavy atom. The minimum atomic E-state index is -3.58. The van der Waals surface area contributed by atoms with Crippen molar-refractivity contribution in [2.45, 2.75) is 11.8 Å². The number of nitrogens with zero attached hydrogens (tertiary/aromatic N) is 4. The average Bonchev–Trinajstić information content (AvgIpc) is 3.30. The molecule has 0 saturated carbocycles. The number of halogens is 1. The van der Waals surface area contributed by atoms with Crippen LogP contribution < -0.4 is 0 Å². The van der Waals surface area contributed by atoms with Crippen LogP contribution in [0.3, 0.4) is 0 Å². The van der Waals surface area contributed by atoms with E-state index in [1.807, 2.05) is 31.3 Å². The maximum absolute atomic E-state index is 12.9. The van der Waals surface area contributed by atoms with Crippen molar-refractivity contribution in [2.24, 2.45) is 0 Å². The summed E-state index contributed by atoms with van der Waals surface area (Å²) in [6.07, 6.45) is 3.53. The van der Waals surface area contributed by atoms with Gasteiger partial charge in [-0.15, -0.1) is 0 Å². The van der Waals surface area contributed by atoms with E-state index in [9.17, 15) is 13.2 Å². The highest BCUT2D eigenvalue weighted by molar-refractivity contribution is 9.10. The van der Waals surface area contributed by atoms with E-state index >= 15 is 0 Å². The Morgan fingerprint density at radius 1 is 1.03 bits per heavy atom. The van der Waals surface area contributed by atoms with E-state index in [4.69, 9.17) is 0 Å². The van der Waals surface area contributed by atoms with Crippen LogP contribution in [-0.2, 0) is 10.0 Å². The first kappa shape index (κ1) is 20.8. The molecule has 0 N–H and O–H groups in total. The molecule has 0 aliphatic carbocycles. The molecule has 0 atom stereocenters. The molecule has 0 spiro atoms. The molecule has 0 unspecified atom stereocenters. The van der Waals surface area contributed by atoms with Gasteiger partial charge in [0.2, 0.25) is 10.0 Å². The number of sulfonamides is 1. The molecule has 30 heavy (non-hydrogen) atoms. The van der Waals surface area contributed by atoms with Crippen molar-refractivity contribution >= 4 is 31.9 Å². The quantitative estimate of drug-likeness (QED) is 0.565. The summed E-state index contributed by atoms with van der Waals surface area (Å²) >= 11 is 3.40. The van der Waals surface area contributed by atoms with Crippen LogP contribution >= 0.6 is 15.9 Å². The second-order valence-electron chi connectivity index (χ2n) is 7.10. The standard InChI is InChI=1S/C21H21BrN4O3S/c1-16-15-19(7-8-20(16)22)30(28,29)25-13-11-24(12-14-25)21(27)17-3-5-18(6-4-17)26-10-2-9-23-26/h2-10,15H,11-14H2,1H3. The van der Waals surface area contributed by atoms with Crippen LogP contribution in [0, 0.1) is 6.92 Å². The van der Waals surface area contributed by atoms with Gasteiger partial charge in [-0.05, 0) is 61.0 Å². The van der Waals surface area contributed by atoms with Crippen LogP contribution in [0.15, 0.2) is 70.3 Å². The predicted molar refractivity (Wildman–Crippen MR) is 117 cm³/mol. The molecule has 156 valence electrons. The molecule has 1 saturated heterocycles. The minimum Gasteiger partial charge on any atom is -0.336 e. The number of hydrogen-bond donors (Lipinski definition) is 0. The van der Waals surface area contributed by atoms with Crippen LogP contribution in [0.5, 0.6) is 0 Å². The lowest BCUT2D eigenvalue weighted by Gasteiger charge is -2.34. The monoisotopic (exact) mass is 488 g/mol. The number of benzene rings is 2. The van der Waals surface area contributed by atoms with E-state index in [1.165, 1.54) is 4.31 Å². The number of carbonyl (C=O) groups is 1. The van der Waals surface area contributed by atoms with Gasteiger partial charge in [-0.2, -0.15) is 9.40 Å². The highest BCUT2D eigenvalue weighted by Gasteiger charge is 2.30. The maximum atomic E-state index is 12.9. The van der Waals surface area contributed by atoms with Crippen LogP contribution in [-0.4, -0.2) is 59.5 Å². The Morgan fingerprint density at radius 3 is 2.33 bits per heavy atom. The fourth-order valence-corrected chi connectivity index (χ4v) is 5.17. The molecule has 9 heteroatoms. The first-order valence-corrected chi connectivity index (χ1v) is 11.8. The van der Waals surface area contributed by atoms with Crippen molar-refractivity contribution in [1.82, 2.24) is 19.0 Å². The molecule has 7 nitrogen and oxygen atoms in total. The summed E-state index contributed by atoms with van der Waals surface area (Å²) in [5.74, 6) is -0.0986. The first-order valence-electron chi connectivity index (χ1n) is 9.52. The molecular weight excluding hydrogens is 468 g/mol. The zero-order valence-corrected chi connectivity index (χ0v) is 18.8. The van der Waals surface area contributed by atoms with Crippen LogP contribution in [0.1, 0.15) is 15.9 Å². The summed E-state index contributed by atoms with van der Waals surface area (Å²) in [5.41, 5.74) is 2.31. The Kier molecular flexibility index (Phi) is 5.77. The normalized spacial score (nSPS) is 15.3. The van der Waals surface area contributed by atoms with Gasteiger partial charge in [0, 0.05) is 48.6 Å². The highest BCUT2D eigenvalue weighted by Crippen LogP contribution is 2.24. The molecule has 0 bridgehead atoms. The lowest BCUT2D eigenvalue weighted by molar-refractivity contribution is 0.0698. The lowest BCUT2D eigenvalue weighted by Crippen LogP contribution is -2.50. The third-order valence-corrected chi connectivity index (χ3v) is 7.96. The number of piperazine rings is 1. The maximum Gasteiger partial charge on any atom is 0.253 e. The number of aromatic nitrogens is 2. The van der Waals surface area contributed by atoms with Gasteiger partial charge in [0.05, 0.1) is 10.6 Å². The van der Waals surface area contributed by atoms with Crippen molar-refractivity contribution in [2.75, 3.05) is 26.2 Å². The smallest absolute Gasteiger partial charge is 0.253 e. The number of carbonyl (C=O) groups excluding carboxylic acids is 1. The number of amides is 1. The topological polar surface area (TPSA) is 75.5 Å². The second-order valence-corrected chi connectivity index (χ2v) is 9.90. The molecule has 2 aromatic carbocycles. The molecule has 1 aliphatic heterocycles. The van der Waals surface area contributed by atoms with Gasteiger partial charge in [-0.1, -0.05) is 15.9 Å². The van der Waals surface area contributed by atoms with Crippen LogP contribution in [0.2, 0.25) is 0 Å². The zero-order chi connectivity index (χ0) is 21.3. The summed E-state index contributed by atoms with van der Waals surface area (Å²) < 4.78 is 29.9. The molecule has 4 rings (SSSR count). The fourth-order valence-electron chi connectivity index (χ4n) is 3.42. The predicted octanol–water partition coefficient (Wildman–Crippen LogP) is 3.09. The second kappa shape index (κ2) is 8.33. The van der Waals surface area contributed by atoms with Crippen molar-refractivity contribution < 1.29 is 13.2 Å².